The molecule has 0 radical (unpaired) electrons. The molecular formula is C10H18N2OS. The van der Waals surface area contributed by atoms with Crippen LogP contribution >= 0.6 is 11.8 Å². The quantitative estimate of drug-likeness (QED) is 0.700. The predicted octanol–water partition coefficient (Wildman–Crippen LogP) is 1.75. The third-order valence-corrected chi connectivity index (χ3v) is 3.01. The lowest BCUT2D eigenvalue weighted by atomic mass is 10.1. The number of carbonyl (C=O) groups is 1. The molecule has 0 saturated heterocycles. The molecule has 2 unspecified atom stereocenters. The van der Waals surface area contributed by atoms with Crippen molar-refractivity contribution in [1.29, 1.82) is 5.26 Å². The van der Waals surface area contributed by atoms with E-state index in [1.54, 1.807) is 30.6 Å². The molecule has 0 aromatic carbocycles. The minimum absolute atomic E-state index is 0.0756. The molecule has 0 aromatic heterocycles. The summed E-state index contributed by atoms with van der Waals surface area (Å²) >= 11 is 1.72. The summed E-state index contributed by atoms with van der Waals surface area (Å²) in [6.07, 6.45) is 2.95. The van der Waals surface area contributed by atoms with E-state index in [1.165, 1.54) is 0 Å². The molecule has 0 aliphatic carbocycles. The van der Waals surface area contributed by atoms with Crippen molar-refractivity contribution in [3.8, 4) is 6.07 Å². The Labute approximate surface area is 90.5 Å². The van der Waals surface area contributed by atoms with Gasteiger partial charge in [0.2, 0.25) is 5.91 Å². The zero-order chi connectivity index (χ0) is 11.1. The second kappa shape index (κ2) is 6.72. The minimum Gasteiger partial charge on any atom is -0.341 e. The SMILES string of the molecule is CCC(CSC)N(C)C(=O)C(C)C#N. The van der Waals surface area contributed by atoms with Crippen LogP contribution in [-0.2, 0) is 4.79 Å². The van der Waals surface area contributed by atoms with Gasteiger partial charge in [-0.25, -0.2) is 0 Å². The first-order chi connectivity index (χ1) is 6.58. The van der Waals surface area contributed by atoms with Crippen LogP contribution in [0.1, 0.15) is 20.3 Å². The molecule has 2 atom stereocenters. The van der Waals surface area contributed by atoms with Crippen molar-refractivity contribution >= 4 is 17.7 Å². The maximum atomic E-state index is 11.6. The highest BCUT2D eigenvalue weighted by atomic mass is 32.2. The number of hydrogen-bond donors (Lipinski definition) is 0. The van der Waals surface area contributed by atoms with Crippen molar-refractivity contribution < 1.29 is 4.79 Å². The van der Waals surface area contributed by atoms with Crippen LogP contribution in [0, 0.1) is 17.2 Å². The average Bonchev–Trinajstić information content (AvgIpc) is 2.22. The molecule has 0 aliphatic rings. The van der Waals surface area contributed by atoms with Crippen molar-refractivity contribution in [2.45, 2.75) is 26.3 Å². The molecule has 0 aromatic rings. The van der Waals surface area contributed by atoms with Crippen molar-refractivity contribution in [2.75, 3.05) is 19.1 Å². The Balaban J connectivity index is 4.35. The molecule has 0 aliphatic heterocycles. The van der Waals surface area contributed by atoms with Crippen molar-refractivity contribution in [1.82, 2.24) is 4.90 Å². The van der Waals surface area contributed by atoms with E-state index in [9.17, 15) is 4.79 Å². The fraction of sp³-hybridized carbons (Fsp3) is 0.800. The molecule has 0 heterocycles. The topological polar surface area (TPSA) is 44.1 Å². The van der Waals surface area contributed by atoms with Gasteiger partial charge in [0.25, 0.3) is 0 Å². The Morgan fingerprint density at radius 2 is 2.21 bits per heavy atom. The first-order valence-electron chi connectivity index (χ1n) is 4.73. The highest BCUT2D eigenvalue weighted by Crippen LogP contribution is 2.11. The predicted molar refractivity (Wildman–Crippen MR) is 60.0 cm³/mol. The lowest BCUT2D eigenvalue weighted by Gasteiger charge is -2.27. The summed E-state index contributed by atoms with van der Waals surface area (Å²) in [6.45, 7) is 3.70. The van der Waals surface area contributed by atoms with Gasteiger partial charge in [0.15, 0.2) is 0 Å². The summed E-state index contributed by atoms with van der Waals surface area (Å²) in [5.74, 6) is 0.320. The zero-order valence-corrected chi connectivity index (χ0v) is 10.1. The third-order valence-electron chi connectivity index (χ3n) is 2.29. The maximum absolute atomic E-state index is 11.6. The number of thioether (sulfide) groups is 1. The Bertz CT molecular complexity index is 225. The molecule has 0 bridgehead atoms. The summed E-state index contributed by atoms with van der Waals surface area (Å²) in [5, 5.41) is 8.64. The van der Waals surface area contributed by atoms with E-state index < -0.39 is 5.92 Å². The normalized spacial score (nSPS) is 14.2. The highest BCUT2D eigenvalue weighted by molar-refractivity contribution is 7.98. The van der Waals surface area contributed by atoms with Gasteiger partial charge in [-0.05, 0) is 19.6 Å². The first kappa shape index (κ1) is 13.3. The van der Waals surface area contributed by atoms with Crippen LogP contribution in [0.15, 0.2) is 0 Å². The van der Waals surface area contributed by atoms with E-state index in [0.717, 1.165) is 12.2 Å². The fourth-order valence-electron chi connectivity index (χ4n) is 1.24. The lowest BCUT2D eigenvalue weighted by molar-refractivity contribution is -0.133. The Kier molecular flexibility index (Phi) is 6.39. The maximum Gasteiger partial charge on any atom is 0.239 e. The Morgan fingerprint density at radius 1 is 1.64 bits per heavy atom. The number of amides is 1. The fourth-order valence-corrected chi connectivity index (χ4v) is 2.08. The Hall–Kier alpha value is -0.690. The van der Waals surface area contributed by atoms with Gasteiger partial charge in [0, 0.05) is 18.8 Å². The number of nitriles is 1. The van der Waals surface area contributed by atoms with Gasteiger partial charge in [0.05, 0.1) is 6.07 Å². The summed E-state index contributed by atoms with van der Waals surface area (Å²) < 4.78 is 0. The number of hydrogen-bond acceptors (Lipinski definition) is 3. The van der Waals surface area contributed by atoms with E-state index in [-0.39, 0.29) is 11.9 Å². The lowest BCUT2D eigenvalue weighted by Crippen LogP contribution is -2.40. The number of carbonyl (C=O) groups excluding carboxylic acids is 1. The molecule has 14 heavy (non-hydrogen) atoms. The van der Waals surface area contributed by atoms with Gasteiger partial charge >= 0.3 is 0 Å². The van der Waals surface area contributed by atoms with E-state index in [0.29, 0.717) is 0 Å². The van der Waals surface area contributed by atoms with Gasteiger partial charge in [0.1, 0.15) is 5.92 Å². The summed E-state index contributed by atoms with van der Waals surface area (Å²) in [6, 6.07) is 2.21. The number of rotatable bonds is 5. The van der Waals surface area contributed by atoms with Gasteiger partial charge in [-0.2, -0.15) is 17.0 Å². The van der Waals surface area contributed by atoms with E-state index in [4.69, 9.17) is 5.26 Å². The van der Waals surface area contributed by atoms with Gasteiger partial charge < -0.3 is 4.90 Å². The molecular weight excluding hydrogens is 196 g/mol. The number of nitrogens with zero attached hydrogens (tertiary/aromatic N) is 2. The minimum atomic E-state index is -0.532. The third kappa shape index (κ3) is 3.59. The Morgan fingerprint density at radius 3 is 2.57 bits per heavy atom. The summed E-state index contributed by atoms with van der Waals surface area (Å²) in [7, 11) is 1.78. The smallest absolute Gasteiger partial charge is 0.239 e. The van der Waals surface area contributed by atoms with E-state index >= 15 is 0 Å². The monoisotopic (exact) mass is 214 g/mol. The molecule has 4 heteroatoms. The van der Waals surface area contributed by atoms with E-state index in [2.05, 4.69) is 6.92 Å². The van der Waals surface area contributed by atoms with Gasteiger partial charge in [-0.15, -0.1) is 0 Å². The van der Waals surface area contributed by atoms with E-state index in [1.807, 2.05) is 12.3 Å². The summed E-state index contributed by atoms with van der Waals surface area (Å²) in [4.78, 5) is 13.3. The molecule has 0 spiro atoms. The van der Waals surface area contributed by atoms with Crippen LogP contribution < -0.4 is 0 Å². The molecule has 0 saturated carbocycles. The van der Waals surface area contributed by atoms with Crippen molar-refractivity contribution in [3.05, 3.63) is 0 Å². The van der Waals surface area contributed by atoms with Gasteiger partial charge in [-0.3, -0.25) is 4.79 Å². The summed E-state index contributed by atoms with van der Waals surface area (Å²) in [5.41, 5.74) is 0. The molecule has 80 valence electrons. The van der Waals surface area contributed by atoms with Crippen LogP contribution in [0.5, 0.6) is 0 Å². The van der Waals surface area contributed by atoms with Crippen LogP contribution in [-0.4, -0.2) is 35.9 Å². The first-order valence-corrected chi connectivity index (χ1v) is 6.13. The van der Waals surface area contributed by atoms with Crippen molar-refractivity contribution in [3.63, 3.8) is 0 Å². The molecule has 0 N–H and O–H groups in total. The largest absolute Gasteiger partial charge is 0.341 e. The second-order valence-corrected chi connectivity index (χ2v) is 4.23. The molecule has 3 nitrogen and oxygen atoms in total. The highest BCUT2D eigenvalue weighted by Gasteiger charge is 2.22. The zero-order valence-electron chi connectivity index (χ0n) is 9.28. The average molecular weight is 214 g/mol. The van der Waals surface area contributed by atoms with Crippen molar-refractivity contribution in [2.24, 2.45) is 5.92 Å². The van der Waals surface area contributed by atoms with Crippen LogP contribution in [0.4, 0.5) is 0 Å². The second-order valence-electron chi connectivity index (χ2n) is 3.32. The molecule has 1 amide bonds. The van der Waals surface area contributed by atoms with Crippen LogP contribution in [0.25, 0.3) is 0 Å². The standard InChI is InChI=1S/C10H18N2OS/c1-5-9(7-14-4)12(3)10(13)8(2)6-11/h8-9H,5,7H2,1-4H3. The van der Waals surface area contributed by atoms with Gasteiger partial charge in [-0.1, -0.05) is 6.92 Å². The van der Waals surface area contributed by atoms with Crippen LogP contribution in [0.2, 0.25) is 0 Å². The molecule has 0 fully saturated rings. The molecule has 0 rings (SSSR count). The van der Waals surface area contributed by atoms with Crippen LogP contribution in [0.3, 0.4) is 0 Å².